The van der Waals surface area contributed by atoms with Gasteiger partial charge in [-0.1, -0.05) is 26.0 Å². The zero-order valence-corrected chi connectivity index (χ0v) is 13.1. The van der Waals surface area contributed by atoms with Gasteiger partial charge in [-0.3, -0.25) is 4.72 Å². The van der Waals surface area contributed by atoms with E-state index in [-0.39, 0.29) is 0 Å². The van der Waals surface area contributed by atoms with Crippen molar-refractivity contribution in [2.75, 3.05) is 4.72 Å². The summed E-state index contributed by atoms with van der Waals surface area (Å²) in [4.78, 5) is -0.583. The lowest BCUT2D eigenvalue weighted by Gasteiger charge is -2.12. The van der Waals surface area contributed by atoms with Crippen LogP contribution in [0.4, 0.5) is 14.5 Å². The summed E-state index contributed by atoms with van der Waals surface area (Å²) in [5.74, 6) is -1.57. The monoisotopic (exact) mass is 325 g/mol. The van der Waals surface area contributed by atoms with Crippen LogP contribution in [0, 0.1) is 11.6 Å². The van der Waals surface area contributed by atoms with Crippen molar-refractivity contribution in [3.8, 4) is 0 Å². The molecule has 0 heterocycles. The Morgan fingerprint density at radius 1 is 1.09 bits per heavy atom. The maximum Gasteiger partial charge on any atom is 0.264 e. The Balaban J connectivity index is 2.25. The van der Waals surface area contributed by atoms with Gasteiger partial charge in [-0.05, 0) is 42.2 Å². The highest BCUT2D eigenvalue weighted by Gasteiger charge is 2.19. The van der Waals surface area contributed by atoms with E-state index in [9.17, 15) is 17.2 Å². The number of halogens is 2. The van der Waals surface area contributed by atoms with Crippen LogP contribution < -0.4 is 4.72 Å². The molecule has 1 N–H and O–H groups in total. The molecule has 0 saturated heterocycles. The molecule has 0 spiro atoms. The summed E-state index contributed by atoms with van der Waals surface area (Å²) >= 11 is 0. The van der Waals surface area contributed by atoms with Crippen LogP contribution in [0.5, 0.6) is 0 Å². The number of anilines is 1. The third-order valence-electron chi connectivity index (χ3n) is 3.53. The van der Waals surface area contributed by atoms with Crippen LogP contribution >= 0.6 is 0 Å². The predicted molar refractivity (Wildman–Crippen MR) is 82.3 cm³/mol. The van der Waals surface area contributed by atoms with Crippen molar-refractivity contribution in [1.82, 2.24) is 0 Å². The predicted octanol–water partition coefficient (Wildman–Crippen LogP) is 4.28. The SMILES string of the molecule is CC[C@H](C)c1ccc(NS(=O)(=O)c2ccc(F)cc2F)cc1. The molecule has 0 aliphatic rings. The first-order chi connectivity index (χ1) is 10.3. The first-order valence-electron chi connectivity index (χ1n) is 6.91. The molecule has 0 amide bonds. The lowest BCUT2D eigenvalue weighted by atomic mass is 9.99. The molecule has 2 rings (SSSR count). The van der Waals surface area contributed by atoms with Crippen LogP contribution in [0.3, 0.4) is 0 Å². The molecular weight excluding hydrogens is 308 g/mol. The van der Waals surface area contributed by atoms with Crippen molar-refractivity contribution in [1.29, 1.82) is 0 Å². The van der Waals surface area contributed by atoms with E-state index >= 15 is 0 Å². The van der Waals surface area contributed by atoms with Gasteiger partial charge in [0.25, 0.3) is 10.0 Å². The molecule has 0 aliphatic heterocycles. The molecule has 3 nitrogen and oxygen atoms in total. The first-order valence-corrected chi connectivity index (χ1v) is 8.39. The molecule has 0 saturated carbocycles. The zero-order valence-electron chi connectivity index (χ0n) is 12.3. The van der Waals surface area contributed by atoms with Gasteiger partial charge in [0.05, 0.1) is 0 Å². The van der Waals surface area contributed by atoms with Crippen molar-refractivity contribution in [2.45, 2.75) is 31.1 Å². The van der Waals surface area contributed by atoms with E-state index in [0.717, 1.165) is 24.1 Å². The smallest absolute Gasteiger partial charge is 0.264 e. The Labute approximate surface area is 129 Å². The number of hydrogen-bond acceptors (Lipinski definition) is 2. The Kier molecular flexibility index (Phi) is 4.81. The van der Waals surface area contributed by atoms with Gasteiger partial charge in [0, 0.05) is 11.8 Å². The minimum atomic E-state index is -4.09. The number of nitrogens with one attached hydrogen (secondary N) is 1. The van der Waals surface area contributed by atoms with Crippen molar-refractivity contribution < 1.29 is 17.2 Å². The summed E-state index contributed by atoms with van der Waals surface area (Å²) in [6, 6.07) is 9.26. The lowest BCUT2D eigenvalue weighted by molar-refractivity contribution is 0.551. The van der Waals surface area contributed by atoms with E-state index in [4.69, 9.17) is 0 Å². The van der Waals surface area contributed by atoms with Crippen molar-refractivity contribution in [3.05, 3.63) is 59.7 Å². The number of hydrogen-bond donors (Lipinski definition) is 1. The van der Waals surface area contributed by atoms with Gasteiger partial charge in [-0.15, -0.1) is 0 Å². The molecule has 0 bridgehead atoms. The topological polar surface area (TPSA) is 46.2 Å². The van der Waals surface area contributed by atoms with Crippen LogP contribution in [-0.2, 0) is 10.0 Å². The van der Waals surface area contributed by atoms with Gasteiger partial charge in [0.2, 0.25) is 0 Å². The molecule has 6 heteroatoms. The second-order valence-electron chi connectivity index (χ2n) is 5.11. The standard InChI is InChI=1S/C16H17F2NO2S/c1-3-11(2)12-4-7-14(8-5-12)19-22(20,21)16-9-6-13(17)10-15(16)18/h4-11,19H,3H2,1-2H3/t11-/m0/s1. The van der Waals surface area contributed by atoms with Crippen molar-refractivity contribution >= 4 is 15.7 Å². The lowest BCUT2D eigenvalue weighted by Crippen LogP contribution is -2.14. The summed E-state index contributed by atoms with van der Waals surface area (Å²) < 4.78 is 53.0. The van der Waals surface area contributed by atoms with E-state index in [1.807, 2.05) is 12.1 Å². The van der Waals surface area contributed by atoms with Crippen molar-refractivity contribution in [2.24, 2.45) is 0 Å². The number of sulfonamides is 1. The summed E-state index contributed by atoms with van der Waals surface area (Å²) in [6.07, 6.45) is 0.978. The largest absolute Gasteiger partial charge is 0.280 e. The van der Waals surface area contributed by atoms with Crippen LogP contribution in [0.15, 0.2) is 47.4 Å². The van der Waals surface area contributed by atoms with Gasteiger partial charge in [-0.25, -0.2) is 17.2 Å². The van der Waals surface area contributed by atoms with Crippen LogP contribution in [-0.4, -0.2) is 8.42 Å². The molecule has 0 unspecified atom stereocenters. The molecule has 0 aromatic heterocycles. The summed E-state index contributed by atoms with van der Waals surface area (Å²) in [6.45, 7) is 4.14. The van der Waals surface area contributed by atoms with Gasteiger partial charge < -0.3 is 0 Å². The molecule has 0 fully saturated rings. The van der Waals surface area contributed by atoms with E-state index in [1.54, 1.807) is 12.1 Å². The highest BCUT2D eigenvalue weighted by Crippen LogP contribution is 2.23. The highest BCUT2D eigenvalue weighted by atomic mass is 32.2. The second-order valence-corrected chi connectivity index (χ2v) is 6.76. The fourth-order valence-electron chi connectivity index (χ4n) is 2.02. The molecular formula is C16H17F2NO2S. The molecule has 22 heavy (non-hydrogen) atoms. The maximum absolute atomic E-state index is 13.6. The molecule has 1 atom stereocenters. The average Bonchev–Trinajstić information content (AvgIpc) is 2.46. The molecule has 0 radical (unpaired) electrons. The van der Waals surface area contributed by atoms with Gasteiger partial charge in [0.15, 0.2) is 0 Å². The third kappa shape index (κ3) is 3.62. The van der Waals surface area contributed by atoms with Crippen molar-refractivity contribution in [3.63, 3.8) is 0 Å². The van der Waals surface area contributed by atoms with E-state index in [1.165, 1.54) is 0 Å². The summed E-state index contributed by atoms with van der Waals surface area (Å²) in [5, 5.41) is 0. The van der Waals surface area contributed by atoms with Gasteiger partial charge >= 0.3 is 0 Å². The normalized spacial score (nSPS) is 12.9. The second kappa shape index (κ2) is 6.44. The first kappa shape index (κ1) is 16.4. The zero-order chi connectivity index (χ0) is 16.3. The minimum absolute atomic E-state index is 0.329. The van der Waals surface area contributed by atoms with E-state index in [2.05, 4.69) is 18.6 Å². The Bertz CT molecular complexity index is 758. The van der Waals surface area contributed by atoms with Crippen LogP contribution in [0.1, 0.15) is 31.7 Å². The molecule has 2 aromatic carbocycles. The third-order valence-corrected chi connectivity index (χ3v) is 4.94. The number of benzene rings is 2. The maximum atomic E-state index is 13.6. The Morgan fingerprint density at radius 3 is 2.27 bits per heavy atom. The summed E-state index contributed by atoms with van der Waals surface area (Å²) in [5.41, 5.74) is 1.43. The van der Waals surface area contributed by atoms with Gasteiger partial charge in [-0.2, -0.15) is 0 Å². The Morgan fingerprint density at radius 2 is 1.73 bits per heavy atom. The fourth-order valence-corrected chi connectivity index (χ4v) is 3.14. The number of rotatable bonds is 5. The highest BCUT2D eigenvalue weighted by molar-refractivity contribution is 7.92. The molecule has 118 valence electrons. The van der Waals surface area contributed by atoms with Crippen LogP contribution in [0.25, 0.3) is 0 Å². The quantitative estimate of drug-likeness (QED) is 0.892. The minimum Gasteiger partial charge on any atom is -0.280 e. The van der Waals surface area contributed by atoms with E-state index < -0.39 is 26.6 Å². The fraction of sp³-hybridized carbons (Fsp3) is 0.250. The van der Waals surface area contributed by atoms with E-state index in [0.29, 0.717) is 17.7 Å². The van der Waals surface area contributed by atoms with Crippen LogP contribution in [0.2, 0.25) is 0 Å². The summed E-state index contributed by atoms with van der Waals surface area (Å²) in [7, 11) is -4.09. The molecule has 2 aromatic rings. The van der Waals surface area contributed by atoms with Gasteiger partial charge in [0.1, 0.15) is 16.5 Å². The molecule has 0 aliphatic carbocycles. The Hall–Kier alpha value is -1.95. The average molecular weight is 325 g/mol.